The van der Waals surface area contributed by atoms with Gasteiger partial charge in [0.2, 0.25) is 0 Å². The molecule has 0 aliphatic carbocycles. The minimum Gasteiger partial charge on any atom is -0.487 e. The zero-order valence-corrected chi connectivity index (χ0v) is 12.5. The van der Waals surface area contributed by atoms with Crippen LogP contribution in [0, 0.1) is 5.82 Å². The molecule has 0 N–H and O–H groups in total. The molecule has 0 fully saturated rings. The molecule has 0 aliphatic rings. The molecule has 3 nitrogen and oxygen atoms in total. The lowest BCUT2D eigenvalue weighted by atomic mass is 10.2. The highest BCUT2D eigenvalue weighted by molar-refractivity contribution is 6.32. The number of hydrogen-bond donors (Lipinski definition) is 0. The summed E-state index contributed by atoms with van der Waals surface area (Å²) in [7, 11) is 0. The minimum absolute atomic E-state index is 0.0483. The first-order valence-corrected chi connectivity index (χ1v) is 6.93. The summed E-state index contributed by atoms with van der Waals surface area (Å²) in [6.45, 7) is 3.64. The van der Waals surface area contributed by atoms with E-state index in [1.807, 2.05) is 0 Å². The zero-order valence-electron chi connectivity index (χ0n) is 11.7. The highest BCUT2D eigenvalue weighted by atomic mass is 35.5. The SMILES string of the molecule is C=CCOC(=O)c1ccc(OCc2ccccc2F)c(Cl)c1. The van der Waals surface area contributed by atoms with Crippen molar-refractivity contribution in [2.75, 3.05) is 6.61 Å². The van der Waals surface area contributed by atoms with Crippen molar-refractivity contribution in [1.29, 1.82) is 0 Å². The fourth-order valence-corrected chi connectivity index (χ4v) is 1.97. The standard InChI is InChI=1S/C17H14ClFO3/c1-2-9-21-17(20)12-7-8-16(14(18)10-12)22-11-13-5-3-4-6-15(13)19/h2-8,10H,1,9,11H2. The van der Waals surface area contributed by atoms with Crippen LogP contribution in [0.2, 0.25) is 5.02 Å². The maximum atomic E-state index is 13.5. The van der Waals surface area contributed by atoms with E-state index in [1.54, 1.807) is 24.3 Å². The lowest BCUT2D eigenvalue weighted by Crippen LogP contribution is -2.05. The summed E-state index contributed by atoms with van der Waals surface area (Å²) in [5, 5.41) is 0.254. The maximum Gasteiger partial charge on any atom is 0.338 e. The molecule has 22 heavy (non-hydrogen) atoms. The van der Waals surface area contributed by atoms with E-state index >= 15 is 0 Å². The third-order valence-corrected chi connectivity index (χ3v) is 3.14. The monoisotopic (exact) mass is 320 g/mol. The molecule has 0 amide bonds. The van der Waals surface area contributed by atoms with Crippen LogP contribution in [0.5, 0.6) is 5.75 Å². The van der Waals surface area contributed by atoms with Gasteiger partial charge in [-0.3, -0.25) is 0 Å². The molecule has 5 heteroatoms. The Morgan fingerprint density at radius 1 is 1.27 bits per heavy atom. The highest BCUT2D eigenvalue weighted by Gasteiger charge is 2.11. The molecule has 0 aromatic heterocycles. The Labute approximate surface area is 132 Å². The summed E-state index contributed by atoms with van der Waals surface area (Å²) in [5.74, 6) is -0.476. The minimum atomic E-state index is -0.498. The third-order valence-electron chi connectivity index (χ3n) is 2.84. The van der Waals surface area contributed by atoms with Gasteiger partial charge in [0, 0.05) is 5.56 Å². The van der Waals surface area contributed by atoms with Crippen molar-refractivity contribution in [2.45, 2.75) is 6.61 Å². The van der Waals surface area contributed by atoms with Crippen molar-refractivity contribution in [1.82, 2.24) is 0 Å². The summed E-state index contributed by atoms with van der Waals surface area (Å²) < 4.78 is 23.9. The van der Waals surface area contributed by atoms with E-state index in [-0.39, 0.29) is 24.1 Å². The first kappa shape index (κ1) is 16.0. The number of carbonyl (C=O) groups excluding carboxylic acids is 1. The first-order chi connectivity index (χ1) is 10.6. The number of carbonyl (C=O) groups is 1. The van der Waals surface area contributed by atoms with E-state index in [1.165, 1.54) is 24.3 Å². The van der Waals surface area contributed by atoms with E-state index in [2.05, 4.69) is 6.58 Å². The van der Waals surface area contributed by atoms with Crippen LogP contribution < -0.4 is 4.74 Å². The molecule has 0 aliphatic heterocycles. The second-order valence-electron chi connectivity index (χ2n) is 4.41. The van der Waals surface area contributed by atoms with Gasteiger partial charge in [0.1, 0.15) is 24.8 Å². The Balaban J connectivity index is 2.05. The Bertz CT molecular complexity index is 685. The highest BCUT2D eigenvalue weighted by Crippen LogP contribution is 2.27. The van der Waals surface area contributed by atoms with E-state index in [0.29, 0.717) is 16.9 Å². The number of rotatable bonds is 6. The molecule has 2 aromatic rings. The average molecular weight is 321 g/mol. The maximum absolute atomic E-state index is 13.5. The molecular weight excluding hydrogens is 307 g/mol. The number of ether oxygens (including phenoxy) is 2. The Hall–Kier alpha value is -2.33. The van der Waals surface area contributed by atoms with Crippen molar-refractivity contribution in [2.24, 2.45) is 0 Å². The van der Waals surface area contributed by atoms with Gasteiger partial charge in [0.05, 0.1) is 10.6 Å². The average Bonchev–Trinajstić information content (AvgIpc) is 2.52. The van der Waals surface area contributed by atoms with Crippen LogP contribution in [0.3, 0.4) is 0 Å². The second-order valence-corrected chi connectivity index (χ2v) is 4.82. The molecule has 0 spiro atoms. The number of esters is 1. The summed E-state index contributed by atoms with van der Waals surface area (Å²) in [5.41, 5.74) is 0.734. The van der Waals surface area contributed by atoms with Crippen LogP contribution in [0.15, 0.2) is 55.1 Å². The van der Waals surface area contributed by atoms with Gasteiger partial charge in [-0.2, -0.15) is 0 Å². The molecule has 2 aromatic carbocycles. The summed E-state index contributed by atoms with van der Waals surface area (Å²) >= 11 is 6.07. The summed E-state index contributed by atoms with van der Waals surface area (Å²) in [6.07, 6.45) is 1.48. The van der Waals surface area contributed by atoms with Gasteiger partial charge >= 0.3 is 5.97 Å². The second kappa shape index (κ2) is 7.61. The van der Waals surface area contributed by atoms with Crippen LogP contribution in [-0.4, -0.2) is 12.6 Å². The molecule has 0 saturated carbocycles. The van der Waals surface area contributed by atoms with E-state index in [9.17, 15) is 9.18 Å². The number of halogens is 2. The van der Waals surface area contributed by atoms with Gasteiger partial charge < -0.3 is 9.47 Å². The van der Waals surface area contributed by atoms with E-state index in [0.717, 1.165) is 0 Å². The molecule has 114 valence electrons. The van der Waals surface area contributed by atoms with Crippen molar-refractivity contribution in [3.05, 3.63) is 77.1 Å². The Morgan fingerprint density at radius 3 is 2.73 bits per heavy atom. The lowest BCUT2D eigenvalue weighted by Gasteiger charge is -2.10. The van der Waals surface area contributed by atoms with Gasteiger partial charge in [-0.1, -0.05) is 42.5 Å². The van der Waals surface area contributed by atoms with Gasteiger partial charge in [0.25, 0.3) is 0 Å². The topological polar surface area (TPSA) is 35.5 Å². The van der Waals surface area contributed by atoms with Crippen LogP contribution in [-0.2, 0) is 11.3 Å². The molecule has 0 radical (unpaired) electrons. The van der Waals surface area contributed by atoms with Gasteiger partial charge in [-0.25, -0.2) is 9.18 Å². The third kappa shape index (κ3) is 4.09. The van der Waals surface area contributed by atoms with E-state index < -0.39 is 5.97 Å². The predicted octanol–water partition coefficient (Wildman–Crippen LogP) is 4.40. The lowest BCUT2D eigenvalue weighted by molar-refractivity contribution is 0.0549. The zero-order chi connectivity index (χ0) is 15.9. The molecule has 0 unspecified atom stereocenters. The largest absolute Gasteiger partial charge is 0.487 e. The molecular formula is C17H14ClFO3. The fourth-order valence-electron chi connectivity index (χ4n) is 1.73. The number of hydrogen-bond acceptors (Lipinski definition) is 3. The Kier molecular flexibility index (Phi) is 5.55. The van der Waals surface area contributed by atoms with Crippen LogP contribution in [0.1, 0.15) is 15.9 Å². The fraction of sp³-hybridized carbons (Fsp3) is 0.118. The van der Waals surface area contributed by atoms with Gasteiger partial charge in [-0.15, -0.1) is 0 Å². The summed E-state index contributed by atoms with van der Waals surface area (Å²) in [4.78, 5) is 11.7. The quantitative estimate of drug-likeness (QED) is 0.584. The van der Waals surface area contributed by atoms with Crippen molar-refractivity contribution in [3.8, 4) is 5.75 Å². The first-order valence-electron chi connectivity index (χ1n) is 6.55. The van der Waals surface area contributed by atoms with Crippen molar-refractivity contribution in [3.63, 3.8) is 0 Å². The van der Waals surface area contributed by atoms with Crippen molar-refractivity contribution >= 4 is 17.6 Å². The molecule has 2 rings (SSSR count). The van der Waals surface area contributed by atoms with Crippen LogP contribution in [0.25, 0.3) is 0 Å². The van der Waals surface area contributed by atoms with E-state index in [4.69, 9.17) is 21.1 Å². The van der Waals surface area contributed by atoms with Gasteiger partial charge in [-0.05, 0) is 24.3 Å². The molecule has 0 atom stereocenters. The van der Waals surface area contributed by atoms with Crippen LogP contribution in [0.4, 0.5) is 4.39 Å². The molecule has 0 saturated heterocycles. The molecule has 0 heterocycles. The summed E-state index contributed by atoms with van der Waals surface area (Å²) in [6, 6.07) is 10.9. The predicted molar refractivity (Wildman–Crippen MR) is 82.7 cm³/mol. The van der Waals surface area contributed by atoms with Crippen LogP contribution >= 0.6 is 11.6 Å². The Morgan fingerprint density at radius 2 is 2.05 bits per heavy atom. The smallest absolute Gasteiger partial charge is 0.338 e. The van der Waals surface area contributed by atoms with Gasteiger partial charge in [0.15, 0.2) is 0 Å². The normalized spacial score (nSPS) is 10.1. The van der Waals surface area contributed by atoms with Crippen molar-refractivity contribution < 1.29 is 18.7 Å². The number of benzene rings is 2. The molecule has 0 bridgehead atoms.